The van der Waals surface area contributed by atoms with Gasteiger partial charge in [0.15, 0.2) is 0 Å². The SMILES string of the molecule is O=c1cccnn1-c1ccc2c(c1)COC1(CCN(C3CCC3)CC1)O2. The Morgan fingerprint density at radius 3 is 2.73 bits per heavy atom. The van der Waals surface area contributed by atoms with Crippen LogP contribution in [0.15, 0.2) is 41.3 Å². The summed E-state index contributed by atoms with van der Waals surface area (Å²) in [5.74, 6) is 0.373. The number of benzene rings is 1. The molecule has 6 heteroatoms. The zero-order chi connectivity index (χ0) is 17.6. The molecule has 0 amide bonds. The van der Waals surface area contributed by atoms with Crippen molar-refractivity contribution in [3.8, 4) is 11.4 Å². The topological polar surface area (TPSA) is 56.6 Å². The lowest BCUT2D eigenvalue weighted by atomic mass is 9.89. The van der Waals surface area contributed by atoms with Crippen LogP contribution in [0.5, 0.6) is 5.75 Å². The van der Waals surface area contributed by atoms with Crippen LogP contribution in [0.2, 0.25) is 0 Å². The fraction of sp³-hybridized carbons (Fsp3) is 0.500. The molecule has 0 N–H and O–H groups in total. The molecular formula is C20H23N3O3. The summed E-state index contributed by atoms with van der Waals surface area (Å²) in [6.45, 7) is 2.59. The fourth-order valence-electron chi connectivity index (χ4n) is 4.13. The Balaban J connectivity index is 1.34. The van der Waals surface area contributed by atoms with E-state index in [4.69, 9.17) is 9.47 Å². The standard InChI is InChI=1S/C20H23N3O3/c24-19-5-2-10-21-23(19)17-6-7-18-15(13-17)14-25-20(26-18)8-11-22(12-9-20)16-3-1-4-16/h2,5-7,10,13,16H,1,3-4,8-9,11-12,14H2. The average molecular weight is 353 g/mol. The van der Waals surface area contributed by atoms with Gasteiger partial charge in [-0.05, 0) is 37.1 Å². The predicted molar refractivity (Wildman–Crippen MR) is 96.4 cm³/mol. The minimum atomic E-state index is -0.489. The van der Waals surface area contributed by atoms with Gasteiger partial charge in [-0.3, -0.25) is 9.69 Å². The summed E-state index contributed by atoms with van der Waals surface area (Å²) in [5.41, 5.74) is 1.55. The maximum Gasteiger partial charge on any atom is 0.271 e. The number of rotatable bonds is 2. The van der Waals surface area contributed by atoms with Crippen molar-refractivity contribution in [2.24, 2.45) is 0 Å². The van der Waals surface area contributed by atoms with Crippen molar-refractivity contribution < 1.29 is 9.47 Å². The van der Waals surface area contributed by atoms with Gasteiger partial charge in [0.25, 0.3) is 5.56 Å². The van der Waals surface area contributed by atoms with Crippen LogP contribution in [0.25, 0.3) is 5.69 Å². The molecule has 1 aromatic carbocycles. The number of hydrogen-bond acceptors (Lipinski definition) is 5. The summed E-state index contributed by atoms with van der Waals surface area (Å²) in [7, 11) is 0. The molecule has 0 radical (unpaired) electrons. The first-order chi connectivity index (χ1) is 12.7. The average Bonchev–Trinajstić information content (AvgIpc) is 2.62. The van der Waals surface area contributed by atoms with E-state index in [9.17, 15) is 4.79 Å². The molecule has 0 unspecified atom stereocenters. The largest absolute Gasteiger partial charge is 0.462 e. The number of aromatic nitrogens is 2. The Bertz CT molecular complexity index is 867. The summed E-state index contributed by atoms with van der Waals surface area (Å²) < 4.78 is 13.9. The van der Waals surface area contributed by atoms with Crippen LogP contribution in [0.4, 0.5) is 0 Å². The molecule has 2 aliphatic heterocycles. The monoisotopic (exact) mass is 353 g/mol. The van der Waals surface area contributed by atoms with E-state index in [1.807, 2.05) is 18.2 Å². The van der Waals surface area contributed by atoms with Gasteiger partial charge < -0.3 is 9.47 Å². The second-order valence-corrected chi connectivity index (χ2v) is 7.49. The third kappa shape index (κ3) is 2.73. The lowest BCUT2D eigenvalue weighted by Crippen LogP contribution is -2.54. The molecule has 2 fully saturated rings. The molecule has 2 aromatic rings. The number of hydrogen-bond donors (Lipinski definition) is 0. The zero-order valence-electron chi connectivity index (χ0n) is 14.8. The van der Waals surface area contributed by atoms with E-state index in [0.29, 0.717) is 6.61 Å². The molecule has 0 bridgehead atoms. The lowest BCUT2D eigenvalue weighted by Gasteiger charge is -2.47. The molecule has 1 saturated carbocycles. The van der Waals surface area contributed by atoms with Gasteiger partial charge in [-0.1, -0.05) is 6.42 Å². The maximum absolute atomic E-state index is 12.0. The fourth-order valence-corrected chi connectivity index (χ4v) is 4.13. The molecular weight excluding hydrogens is 330 g/mol. The van der Waals surface area contributed by atoms with E-state index in [0.717, 1.165) is 49.0 Å². The molecule has 26 heavy (non-hydrogen) atoms. The normalized spacial score (nSPS) is 22.5. The number of piperidine rings is 1. The van der Waals surface area contributed by atoms with Crippen molar-refractivity contribution in [2.75, 3.05) is 13.1 Å². The summed E-state index contributed by atoms with van der Waals surface area (Å²) in [6, 6.07) is 9.68. The summed E-state index contributed by atoms with van der Waals surface area (Å²) in [6.07, 6.45) is 7.47. The van der Waals surface area contributed by atoms with Crippen molar-refractivity contribution in [3.05, 3.63) is 52.4 Å². The van der Waals surface area contributed by atoms with Crippen LogP contribution in [0, 0.1) is 0 Å². The molecule has 136 valence electrons. The van der Waals surface area contributed by atoms with Crippen molar-refractivity contribution in [1.82, 2.24) is 14.7 Å². The third-order valence-corrected chi connectivity index (χ3v) is 5.94. The van der Waals surface area contributed by atoms with Crippen LogP contribution >= 0.6 is 0 Å². The van der Waals surface area contributed by atoms with Crippen molar-refractivity contribution >= 4 is 0 Å². The first-order valence-electron chi connectivity index (χ1n) is 9.47. The van der Waals surface area contributed by atoms with Crippen LogP contribution in [0.3, 0.4) is 0 Å². The van der Waals surface area contributed by atoms with E-state index < -0.39 is 5.79 Å². The second-order valence-electron chi connectivity index (χ2n) is 7.49. The molecule has 1 aliphatic carbocycles. The van der Waals surface area contributed by atoms with Crippen LogP contribution in [-0.4, -0.2) is 39.6 Å². The maximum atomic E-state index is 12.0. The number of nitrogens with zero attached hydrogens (tertiary/aromatic N) is 3. The van der Waals surface area contributed by atoms with Gasteiger partial charge in [0.1, 0.15) is 5.75 Å². The Hall–Kier alpha value is -2.18. The van der Waals surface area contributed by atoms with Gasteiger partial charge in [0, 0.05) is 49.8 Å². The van der Waals surface area contributed by atoms with E-state index in [-0.39, 0.29) is 5.56 Å². The first-order valence-corrected chi connectivity index (χ1v) is 9.47. The highest BCUT2D eigenvalue weighted by atomic mass is 16.7. The Morgan fingerprint density at radius 2 is 2.00 bits per heavy atom. The predicted octanol–water partition coefficient (Wildman–Crippen LogP) is 2.49. The molecule has 1 spiro atoms. The van der Waals surface area contributed by atoms with Crippen LogP contribution < -0.4 is 10.3 Å². The van der Waals surface area contributed by atoms with E-state index in [1.165, 1.54) is 30.0 Å². The minimum Gasteiger partial charge on any atom is -0.462 e. The van der Waals surface area contributed by atoms with Crippen molar-refractivity contribution in [1.29, 1.82) is 0 Å². The molecule has 0 atom stereocenters. The van der Waals surface area contributed by atoms with Gasteiger partial charge in [0.2, 0.25) is 5.79 Å². The highest BCUT2D eigenvalue weighted by molar-refractivity contribution is 5.44. The van der Waals surface area contributed by atoms with Crippen molar-refractivity contribution in [2.45, 2.75) is 50.5 Å². The lowest BCUT2D eigenvalue weighted by molar-refractivity contribution is -0.231. The number of likely N-dealkylation sites (tertiary alicyclic amines) is 1. The Morgan fingerprint density at radius 1 is 1.15 bits per heavy atom. The van der Waals surface area contributed by atoms with Gasteiger partial charge in [-0.15, -0.1) is 0 Å². The molecule has 3 aliphatic rings. The third-order valence-electron chi connectivity index (χ3n) is 5.94. The van der Waals surface area contributed by atoms with Crippen LogP contribution in [0.1, 0.15) is 37.7 Å². The second kappa shape index (κ2) is 6.21. The Kier molecular flexibility index (Phi) is 3.83. The van der Waals surface area contributed by atoms with E-state index >= 15 is 0 Å². The molecule has 5 rings (SSSR count). The van der Waals surface area contributed by atoms with Gasteiger partial charge in [-0.2, -0.15) is 9.78 Å². The van der Waals surface area contributed by atoms with Gasteiger partial charge >= 0.3 is 0 Å². The van der Waals surface area contributed by atoms with Crippen molar-refractivity contribution in [3.63, 3.8) is 0 Å². The Labute approximate surface area is 152 Å². The van der Waals surface area contributed by atoms with Gasteiger partial charge in [-0.25, -0.2) is 0 Å². The zero-order valence-corrected chi connectivity index (χ0v) is 14.8. The number of ether oxygens (including phenoxy) is 2. The summed E-state index contributed by atoms with van der Waals surface area (Å²) >= 11 is 0. The summed E-state index contributed by atoms with van der Waals surface area (Å²) in [4.78, 5) is 14.6. The van der Waals surface area contributed by atoms with E-state index in [1.54, 1.807) is 12.3 Å². The molecule has 6 nitrogen and oxygen atoms in total. The number of fused-ring (bicyclic) bond motifs is 1. The summed E-state index contributed by atoms with van der Waals surface area (Å²) in [5, 5.41) is 4.14. The first kappa shape index (κ1) is 16.0. The van der Waals surface area contributed by atoms with Crippen LogP contribution in [-0.2, 0) is 11.3 Å². The molecule has 1 saturated heterocycles. The molecule has 3 heterocycles. The highest BCUT2D eigenvalue weighted by Crippen LogP contribution is 2.39. The smallest absolute Gasteiger partial charge is 0.271 e. The molecule has 1 aromatic heterocycles. The van der Waals surface area contributed by atoms with E-state index in [2.05, 4.69) is 10.00 Å². The van der Waals surface area contributed by atoms with Gasteiger partial charge in [0.05, 0.1) is 12.3 Å². The minimum absolute atomic E-state index is 0.148. The highest BCUT2D eigenvalue weighted by Gasteiger charge is 2.42. The quantitative estimate of drug-likeness (QED) is 0.830.